The van der Waals surface area contributed by atoms with Crippen molar-refractivity contribution in [1.82, 2.24) is 4.98 Å². The Balaban J connectivity index is 1.70. The Hall–Kier alpha value is -2.58. The van der Waals surface area contributed by atoms with Gasteiger partial charge in [-0.3, -0.25) is 10.1 Å². The fraction of sp³-hybridized carbons (Fsp3) is 0.167. The van der Waals surface area contributed by atoms with Gasteiger partial charge >= 0.3 is 5.97 Å². The first kappa shape index (κ1) is 18.2. The topological polar surface area (TPSA) is 68.3 Å². The zero-order chi connectivity index (χ0) is 18.7. The maximum Gasteiger partial charge on any atom is 0.348 e. The van der Waals surface area contributed by atoms with Crippen LogP contribution < -0.4 is 5.32 Å². The molecule has 0 saturated heterocycles. The number of amides is 1. The van der Waals surface area contributed by atoms with Gasteiger partial charge in [-0.1, -0.05) is 12.1 Å². The lowest BCUT2D eigenvalue weighted by Crippen LogP contribution is -2.09. The van der Waals surface area contributed by atoms with Crippen LogP contribution in [0.3, 0.4) is 0 Å². The number of anilines is 1. The summed E-state index contributed by atoms with van der Waals surface area (Å²) in [6.07, 6.45) is 0.616. The molecule has 0 saturated carbocycles. The molecule has 134 valence electrons. The van der Waals surface area contributed by atoms with Crippen molar-refractivity contribution in [3.05, 3.63) is 68.1 Å². The summed E-state index contributed by atoms with van der Waals surface area (Å²) in [6, 6.07) is 9.43. The predicted octanol–water partition coefficient (Wildman–Crippen LogP) is 4.28. The highest BCUT2D eigenvalue weighted by Gasteiger charge is 2.16. The molecule has 26 heavy (non-hydrogen) atoms. The number of thiazole rings is 1. The molecule has 1 N–H and O–H groups in total. The molecular weight excluding hydrogens is 375 g/mol. The number of thiophene rings is 1. The van der Waals surface area contributed by atoms with Gasteiger partial charge in [0.1, 0.15) is 10.7 Å². The maximum atomic E-state index is 13.0. The van der Waals surface area contributed by atoms with Gasteiger partial charge in [-0.15, -0.1) is 22.7 Å². The molecule has 0 radical (unpaired) electrons. The Morgan fingerprint density at radius 3 is 2.50 bits per heavy atom. The number of methoxy groups -OCH3 is 1. The number of hydrogen-bond acceptors (Lipinski definition) is 6. The number of nitrogens with one attached hydrogen (secondary N) is 1. The average Bonchev–Trinajstić information content (AvgIpc) is 3.24. The van der Waals surface area contributed by atoms with Gasteiger partial charge in [-0.25, -0.2) is 14.2 Å². The second-order valence-corrected chi connectivity index (χ2v) is 7.61. The Labute approximate surface area is 157 Å². The van der Waals surface area contributed by atoms with Crippen molar-refractivity contribution in [2.45, 2.75) is 13.3 Å². The number of benzene rings is 1. The van der Waals surface area contributed by atoms with Crippen LogP contribution in [-0.2, 0) is 11.2 Å². The van der Waals surface area contributed by atoms with Crippen LogP contribution in [0, 0.1) is 12.7 Å². The summed E-state index contributed by atoms with van der Waals surface area (Å²) in [7, 11) is 1.29. The molecule has 2 aromatic heterocycles. The van der Waals surface area contributed by atoms with Gasteiger partial charge in [-0.05, 0) is 36.8 Å². The van der Waals surface area contributed by atoms with E-state index in [1.54, 1.807) is 24.3 Å². The quantitative estimate of drug-likeness (QED) is 0.660. The third-order valence-corrected chi connectivity index (χ3v) is 5.74. The third-order valence-electron chi connectivity index (χ3n) is 3.61. The van der Waals surface area contributed by atoms with Crippen LogP contribution >= 0.6 is 22.7 Å². The first-order chi connectivity index (χ1) is 12.5. The van der Waals surface area contributed by atoms with Crippen LogP contribution in [0.4, 0.5) is 9.52 Å². The Morgan fingerprint density at radius 2 is 1.81 bits per heavy atom. The van der Waals surface area contributed by atoms with E-state index < -0.39 is 5.97 Å². The number of nitrogens with zero attached hydrogens (tertiary/aromatic N) is 1. The number of aromatic nitrogens is 1. The van der Waals surface area contributed by atoms with Gasteiger partial charge in [0.05, 0.1) is 17.7 Å². The standard InChI is InChI=1S/C18H15FN2O3S2/c1-10-15(9-11-3-5-12(19)6-4-11)26-18(20-10)21-16(22)13-7-8-14(25-13)17(23)24-2/h3-8H,9H2,1-2H3,(H,20,21,22). The van der Waals surface area contributed by atoms with Crippen LogP contribution in [0.2, 0.25) is 0 Å². The summed E-state index contributed by atoms with van der Waals surface area (Å²) in [4.78, 5) is 29.9. The average molecular weight is 390 g/mol. The van der Waals surface area contributed by atoms with Gasteiger partial charge in [0, 0.05) is 11.3 Å². The molecule has 2 heterocycles. The largest absolute Gasteiger partial charge is 0.465 e. The molecule has 1 amide bonds. The van der Waals surface area contributed by atoms with E-state index in [4.69, 9.17) is 0 Å². The number of aryl methyl sites for hydroxylation is 1. The van der Waals surface area contributed by atoms with Crippen molar-refractivity contribution in [3.8, 4) is 0 Å². The fourth-order valence-corrected chi connectivity index (χ4v) is 4.07. The molecule has 1 aromatic carbocycles. The molecule has 0 atom stereocenters. The highest BCUT2D eigenvalue weighted by molar-refractivity contribution is 7.17. The highest BCUT2D eigenvalue weighted by atomic mass is 32.1. The summed E-state index contributed by atoms with van der Waals surface area (Å²) < 4.78 is 17.6. The molecule has 0 aliphatic carbocycles. The zero-order valence-corrected chi connectivity index (χ0v) is 15.7. The van der Waals surface area contributed by atoms with E-state index in [0.717, 1.165) is 27.5 Å². The Bertz CT molecular complexity index is 948. The summed E-state index contributed by atoms with van der Waals surface area (Å²) in [5.74, 6) is -1.07. The van der Waals surface area contributed by atoms with Crippen molar-refractivity contribution in [1.29, 1.82) is 0 Å². The monoisotopic (exact) mass is 390 g/mol. The zero-order valence-electron chi connectivity index (χ0n) is 14.0. The summed E-state index contributed by atoms with van der Waals surface area (Å²) in [6.45, 7) is 1.87. The van der Waals surface area contributed by atoms with E-state index in [1.807, 2.05) is 6.92 Å². The lowest BCUT2D eigenvalue weighted by Gasteiger charge is -1.99. The molecule has 0 unspecified atom stereocenters. The number of ether oxygens (including phenoxy) is 1. The van der Waals surface area contributed by atoms with Crippen LogP contribution in [0.15, 0.2) is 36.4 Å². The molecule has 3 rings (SSSR count). The third kappa shape index (κ3) is 4.14. The Morgan fingerprint density at radius 1 is 1.12 bits per heavy atom. The van der Waals surface area contributed by atoms with Gasteiger partial charge in [-0.2, -0.15) is 0 Å². The van der Waals surface area contributed by atoms with Crippen molar-refractivity contribution < 1.29 is 18.7 Å². The van der Waals surface area contributed by atoms with Crippen molar-refractivity contribution in [2.24, 2.45) is 0 Å². The van der Waals surface area contributed by atoms with Crippen molar-refractivity contribution in [3.63, 3.8) is 0 Å². The van der Waals surface area contributed by atoms with Crippen LogP contribution in [-0.4, -0.2) is 24.0 Å². The van der Waals surface area contributed by atoms with Crippen LogP contribution in [0.25, 0.3) is 0 Å². The lowest BCUT2D eigenvalue weighted by atomic mass is 10.1. The smallest absolute Gasteiger partial charge is 0.348 e. The van der Waals surface area contributed by atoms with Gasteiger partial charge < -0.3 is 4.74 Å². The highest BCUT2D eigenvalue weighted by Crippen LogP contribution is 2.26. The second kappa shape index (κ2) is 7.76. The SMILES string of the molecule is COC(=O)c1ccc(C(=O)Nc2nc(C)c(Cc3ccc(F)cc3)s2)s1. The van der Waals surface area contributed by atoms with E-state index in [9.17, 15) is 14.0 Å². The number of rotatable bonds is 5. The molecule has 0 aliphatic heterocycles. The molecule has 5 nitrogen and oxygen atoms in total. The summed E-state index contributed by atoms with van der Waals surface area (Å²) in [5.41, 5.74) is 1.79. The maximum absolute atomic E-state index is 13.0. The number of halogens is 1. The molecular formula is C18H15FN2O3S2. The van der Waals surface area contributed by atoms with E-state index in [-0.39, 0.29) is 11.7 Å². The molecule has 3 aromatic rings. The minimum absolute atomic E-state index is 0.273. The molecule has 0 bridgehead atoms. The van der Waals surface area contributed by atoms with Gasteiger partial charge in [0.25, 0.3) is 5.91 Å². The molecule has 8 heteroatoms. The molecule has 0 aliphatic rings. The van der Waals surface area contributed by atoms with Crippen LogP contribution in [0.1, 0.15) is 35.5 Å². The minimum Gasteiger partial charge on any atom is -0.465 e. The summed E-state index contributed by atoms with van der Waals surface area (Å²) in [5, 5.41) is 3.24. The first-order valence-corrected chi connectivity index (χ1v) is 9.30. The van der Waals surface area contributed by atoms with Crippen molar-refractivity contribution in [2.75, 3.05) is 12.4 Å². The van der Waals surface area contributed by atoms with Gasteiger partial charge in [0.15, 0.2) is 5.13 Å². The van der Waals surface area contributed by atoms with E-state index in [1.165, 1.54) is 30.6 Å². The number of esters is 1. The number of hydrogen-bond donors (Lipinski definition) is 1. The first-order valence-electron chi connectivity index (χ1n) is 7.66. The predicted molar refractivity (Wildman–Crippen MR) is 99.7 cm³/mol. The fourth-order valence-electron chi connectivity index (χ4n) is 2.26. The van der Waals surface area contributed by atoms with Crippen molar-refractivity contribution >= 4 is 39.7 Å². The number of carbonyl (C=O) groups excluding carboxylic acids is 2. The Kier molecular flexibility index (Phi) is 5.43. The number of carbonyl (C=O) groups is 2. The van der Waals surface area contributed by atoms with E-state index in [0.29, 0.717) is 21.3 Å². The van der Waals surface area contributed by atoms with E-state index in [2.05, 4.69) is 15.0 Å². The second-order valence-electron chi connectivity index (χ2n) is 5.44. The lowest BCUT2D eigenvalue weighted by molar-refractivity contribution is 0.0606. The van der Waals surface area contributed by atoms with E-state index >= 15 is 0 Å². The molecule has 0 spiro atoms. The van der Waals surface area contributed by atoms with Gasteiger partial charge in [0.2, 0.25) is 0 Å². The summed E-state index contributed by atoms with van der Waals surface area (Å²) >= 11 is 2.44. The molecule has 0 fully saturated rings. The van der Waals surface area contributed by atoms with Crippen LogP contribution in [0.5, 0.6) is 0 Å². The minimum atomic E-state index is -0.472. The normalized spacial score (nSPS) is 10.6.